The molecule has 96 valence electrons. The van der Waals surface area contributed by atoms with Crippen LogP contribution >= 0.6 is 11.3 Å². The molecule has 0 atom stereocenters. The Morgan fingerprint density at radius 3 is 2.72 bits per heavy atom. The van der Waals surface area contributed by atoms with E-state index in [1.165, 1.54) is 11.3 Å². The number of fused-ring (bicyclic) bond motifs is 1. The minimum absolute atomic E-state index is 0.123. The summed E-state index contributed by atoms with van der Waals surface area (Å²) in [6.07, 6.45) is 2.48. The smallest absolute Gasteiger partial charge is 0.210 e. The average molecular weight is 281 g/mol. The zero-order chi connectivity index (χ0) is 13.2. The normalized spacial score (nSPS) is 11.7. The molecular formula is C13H15NO2S2. The van der Waals surface area contributed by atoms with Crippen LogP contribution < -0.4 is 0 Å². The summed E-state index contributed by atoms with van der Waals surface area (Å²) in [5.41, 5.74) is 1.89. The highest BCUT2D eigenvalue weighted by Gasteiger charge is 2.18. The highest BCUT2D eigenvalue weighted by atomic mass is 32.2. The maximum atomic E-state index is 12.1. The van der Waals surface area contributed by atoms with Crippen molar-refractivity contribution in [2.75, 3.05) is 5.75 Å². The van der Waals surface area contributed by atoms with Crippen molar-refractivity contribution in [1.29, 1.82) is 0 Å². The highest BCUT2D eigenvalue weighted by molar-refractivity contribution is 7.93. The number of allylic oxidation sites excluding steroid dienone is 2. The number of rotatable bonds is 4. The van der Waals surface area contributed by atoms with Gasteiger partial charge in [-0.2, -0.15) is 0 Å². The third-order valence-electron chi connectivity index (χ3n) is 2.48. The number of aromatic nitrogens is 1. The lowest BCUT2D eigenvalue weighted by molar-refractivity contribution is 0.595. The number of nitrogens with zero attached hydrogens (tertiary/aromatic N) is 1. The van der Waals surface area contributed by atoms with Gasteiger partial charge in [-0.15, -0.1) is 11.3 Å². The van der Waals surface area contributed by atoms with Crippen LogP contribution in [0.1, 0.15) is 20.3 Å². The number of benzene rings is 1. The van der Waals surface area contributed by atoms with Crippen molar-refractivity contribution in [3.63, 3.8) is 0 Å². The van der Waals surface area contributed by atoms with E-state index >= 15 is 0 Å². The summed E-state index contributed by atoms with van der Waals surface area (Å²) in [7, 11) is -3.25. The number of hydrogen-bond acceptors (Lipinski definition) is 4. The number of sulfone groups is 1. The van der Waals surface area contributed by atoms with Crippen LogP contribution in [0, 0.1) is 0 Å². The van der Waals surface area contributed by atoms with E-state index in [0.717, 1.165) is 15.8 Å². The Labute approximate surface area is 111 Å². The molecule has 1 aromatic carbocycles. The third kappa shape index (κ3) is 2.97. The van der Waals surface area contributed by atoms with Crippen LogP contribution in [-0.4, -0.2) is 19.2 Å². The lowest BCUT2D eigenvalue weighted by Crippen LogP contribution is -2.05. The van der Waals surface area contributed by atoms with E-state index in [1.54, 1.807) is 0 Å². The lowest BCUT2D eigenvalue weighted by atomic mass is 10.3. The van der Waals surface area contributed by atoms with Crippen LogP contribution in [0.25, 0.3) is 10.2 Å². The minimum Gasteiger partial charge on any atom is -0.225 e. The van der Waals surface area contributed by atoms with Crippen LogP contribution in [0.15, 0.2) is 40.3 Å². The number of hydrogen-bond donors (Lipinski definition) is 0. The van der Waals surface area contributed by atoms with E-state index in [4.69, 9.17) is 0 Å². The standard InChI is InChI=1S/C13H15NO2S2/c1-10(2)6-5-9-18(15,16)13-14-11-7-3-4-8-12(11)17-13/h3-4,6-8H,5,9H2,1-2H3. The molecule has 2 aromatic rings. The molecule has 1 aromatic heterocycles. The summed E-state index contributed by atoms with van der Waals surface area (Å²) in [5.74, 6) is 0.123. The molecule has 0 unspecified atom stereocenters. The summed E-state index contributed by atoms with van der Waals surface area (Å²) in [5, 5.41) is 0. The molecule has 0 aliphatic rings. The molecule has 0 aliphatic carbocycles. The third-order valence-corrected chi connectivity index (χ3v) is 5.72. The summed E-state index contributed by atoms with van der Waals surface area (Å²) >= 11 is 1.24. The molecule has 0 saturated carbocycles. The zero-order valence-corrected chi connectivity index (χ0v) is 12.0. The van der Waals surface area contributed by atoms with Crippen LogP contribution in [0.2, 0.25) is 0 Å². The molecule has 0 N–H and O–H groups in total. The fraction of sp³-hybridized carbons (Fsp3) is 0.308. The fourth-order valence-corrected chi connectivity index (χ4v) is 4.14. The van der Waals surface area contributed by atoms with E-state index in [0.29, 0.717) is 6.42 Å². The van der Waals surface area contributed by atoms with Gasteiger partial charge in [0.25, 0.3) is 0 Å². The Bertz CT molecular complexity index is 647. The van der Waals surface area contributed by atoms with Gasteiger partial charge in [0.1, 0.15) is 0 Å². The van der Waals surface area contributed by atoms with Gasteiger partial charge in [0.2, 0.25) is 14.2 Å². The molecular weight excluding hydrogens is 266 g/mol. The van der Waals surface area contributed by atoms with Gasteiger partial charge < -0.3 is 0 Å². The van der Waals surface area contributed by atoms with Crippen LogP contribution in [0.4, 0.5) is 0 Å². The van der Waals surface area contributed by atoms with Crippen LogP contribution in [0.5, 0.6) is 0 Å². The predicted molar refractivity (Wildman–Crippen MR) is 75.7 cm³/mol. The molecule has 0 spiro atoms. The second-order valence-corrected chi connectivity index (χ2v) is 7.65. The van der Waals surface area contributed by atoms with E-state index in [1.807, 2.05) is 44.2 Å². The second kappa shape index (κ2) is 5.20. The lowest BCUT2D eigenvalue weighted by Gasteiger charge is -1.97. The molecule has 0 radical (unpaired) electrons. The van der Waals surface area contributed by atoms with Gasteiger partial charge in [0, 0.05) is 0 Å². The first-order valence-corrected chi connectivity index (χ1v) is 8.17. The van der Waals surface area contributed by atoms with Crippen molar-refractivity contribution in [3.05, 3.63) is 35.9 Å². The molecule has 2 rings (SSSR count). The van der Waals surface area contributed by atoms with E-state index in [9.17, 15) is 8.42 Å². The highest BCUT2D eigenvalue weighted by Crippen LogP contribution is 2.26. The van der Waals surface area contributed by atoms with Gasteiger partial charge >= 0.3 is 0 Å². The average Bonchev–Trinajstić information content (AvgIpc) is 2.72. The number of para-hydroxylation sites is 1. The summed E-state index contributed by atoms with van der Waals surface area (Å²) in [6, 6.07) is 7.48. The van der Waals surface area contributed by atoms with Crippen molar-refractivity contribution >= 4 is 31.4 Å². The topological polar surface area (TPSA) is 47.0 Å². The van der Waals surface area contributed by atoms with Gasteiger partial charge in [-0.25, -0.2) is 13.4 Å². The fourth-order valence-electron chi connectivity index (χ4n) is 1.57. The SMILES string of the molecule is CC(C)=CCCS(=O)(=O)c1nc2ccccc2s1. The predicted octanol–water partition coefficient (Wildman–Crippen LogP) is 3.43. The van der Waals surface area contributed by atoms with Crippen molar-refractivity contribution in [2.45, 2.75) is 24.6 Å². The Morgan fingerprint density at radius 1 is 1.33 bits per heavy atom. The number of thiazole rings is 1. The molecule has 0 fully saturated rings. The summed E-state index contributed by atoms with van der Waals surface area (Å²) in [6.45, 7) is 3.93. The minimum atomic E-state index is -3.25. The van der Waals surface area contributed by atoms with Gasteiger partial charge in [-0.3, -0.25) is 0 Å². The quantitative estimate of drug-likeness (QED) is 0.807. The zero-order valence-electron chi connectivity index (χ0n) is 10.4. The van der Waals surface area contributed by atoms with E-state index in [2.05, 4.69) is 4.98 Å². The first-order chi connectivity index (χ1) is 8.49. The Kier molecular flexibility index (Phi) is 3.82. The summed E-state index contributed by atoms with van der Waals surface area (Å²) in [4.78, 5) is 4.19. The van der Waals surface area contributed by atoms with E-state index < -0.39 is 9.84 Å². The van der Waals surface area contributed by atoms with Crippen molar-refractivity contribution < 1.29 is 8.42 Å². The molecule has 5 heteroatoms. The molecule has 0 saturated heterocycles. The second-order valence-electron chi connectivity index (χ2n) is 4.34. The molecule has 0 bridgehead atoms. The molecule has 18 heavy (non-hydrogen) atoms. The first-order valence-electron chi connectivity index (χ1n) is 5.71. The van der Waals surface area contributed by atoms with Crippen molar-refractivity contribution in [2.24, 2.45) is 0 Å². The van der Waals surface area contributed by atoms with Crippen molar-refractivity contribution in [3.8, 4) is 0 Å². The molecule has 0 amide bonds. The van der Waals surface area contributed by atoms with Crippen LogP contribution in [0.3, 0.4) is 0 Å². The van der Waals surface area contributed by atoms with Crippen LogP contribution in [-0.2, 0) is 9.84 Å². The molecule has 0 aliphatic heterocycles. The molecule has 3 nitrogen and oxygen atoms in total. The molecule has 1 heterocycles. The van der Waals surface area contributed by atoms with Gasteiger partial charge in [-0.1, -0.05) is 23.8 Å². The first kappa shape index (κ1) is 13.2. The maximum Gasteiger partial charge on any atom is 0.210 e. The Hall–Kier alpha value is -1.20. The van der Waals surface area contributed by atoms with Gasteiger partial charge in [0.05, 0.1) is 16.0 Å². The monoisotopic (exact) mass is 281 g/mol. The van der Waals surface area contributed by atoms with Crippen molar-refractivity contribution in [1.82, 2.24) is 4.98 Å². The van der Waals surface area contributed by atoms with Gasteiger partial charge in [0.15, 0.2) is 0 Å². The van der Waals surface area contributed by atoms with E-state index in [-0.39, 0.29) is 10.1 Å². The maximum absolute atomic E-state index is 12.1. The Morgan fingerprint density at radius 2 is 2.06 bits per heavy atom. The Balaban J connectivity index is 2.26. The largest absolute Gasteiger partial charge is 0.225 e. The van der Waals surface area contributed by atoms with Gasteiger partial charge in [-0.05, 0) is 32.4 Å². The summed E-state index contributed by atoms with van der Waals surface area (Å²) < 4.78 is 25.3.